The molecule has 0 aliphatic heterocycles. The molecule has 0 spiro atoms. The lowest BCUT2D eigenvalue weighted by Gasteiger charge is -2.08. The maximum atomic E-state index is 12.3. The summed E-state index contributed by atoms with van der Waals surface area (Å²) in [6, 6.07) is 27.6. The molecule has 4 aromatic rings. The molecule has 0 aromatic heterocycles. The number of benzene rings is 4. The zero-order valence-corrected chi connectivity index (χ0v) is 21.0. The number of rotatable bonds is 10. The molecule has 4 aromatic carbocycles. The number of esters is 2. The van der Waals surface area contributed by atoms with Gasteiger partial charge in [-0.2, -0.15) is 0 Å². The zero-order chi connectivity index (χ0) is 25.3. The van der Waals surface area contributed by atoms with Gasteiger partial charge in [0.15, 0.2) is 0 Å². The summed E-state index contributed by atoms with van der Waals surface area (Å²) in [7, 11) is 0. The highest BCUT2D eigenvalue weighted by atomic mass is 16.5. The van der Waals surface area contributed by atoms with Crippen molar-refractivity contribution in [1.29, 1.82) is 0 Å². The van der Waals surface area contributed by atoms with Crippen molar-refractivity contribution in [3.8, 4) is 11.5 Å². The Morgan fingerprint density at radius 3 is 1.25 bits per heavy atom. The van der Waals surface area contributed by atoms with Crippen molar-refractivity contribution in [1.82, 2.24) is 0 Å². The van der Waals surface area contributed by atoms with Crippen LogP contribution in [0.1, 0.15) is 48.9 Å². The first kappa shape index (κ1) is 25.2. The number of fused-ring (bicyclic) bond motifs is 1. The van der Waals surface area contributed by atoms with Gasteiger partial charge in [-0.3, -0.25) is 9.59 Å². The molecule has 0 aliphatic carbocycles. The van der Waals surface area contributed by atoms with Crippen molar-refractivity contribution in [2.24, 2.45) is 0 Å². The fourth-order valence-electron chi connectivity index (χ4n) is 4.07. The Labute approximate surface area is 212 Å². The smallest absolute Gasteiger partial charge is 0.311 e. The van der Waals surface area contributed by atoms with Crippen LogP contribution in [0.25, 0.3) is 10.8 Å². The predicted molar refractivity (Wildman–Crippen MR) is 143 cm³/mol. The summed E-state index contributed by atoms with van der Waals surface area (Å²) < 4.78 is 11.1. The zero-order valence-electron chi connectivity index (χ0n) is 21.0. The van der Waals surface area contributed by atoms with Crippen LogP contribution < -0.4 is 9.47 Å². The van der Waals surface area contributed by atoms with E-state index in [2.05, 4.69) is 62.4 Å². The largest absolute Gasteiger partial charge is 0.426 e. The molecule has 0 bridgehead atoms. The van der Waals surface area contributed by atoms with Gasteiger partial charge < -0.3 is 9.47 Å². The fraction of sp³-hybridized carbons (Fsp3) is 0.250. The van der Waals surface area contributed by atoms with Crippen molar-refractivity contribution >= 4 is 22.7 Å². The van der Waals surface area contributed by atoms with Gasteiger partial charge in [-0.15, -0.1) is 0 Å². The molecule has 0 saturated heterocycles. The van der Waals surface area contributed by atoms with E-state index < -0.39 is 0 Å². The van der Waals surface area contributed by atoms with Crippen LogP contribution in [0.3, 0.4) is 0 Å². The molecular weight excluding hydrogens is 448 g/mol. The van der Waals surface area contributed by atoms with Crippen molar-refractivity contribution < 1.29 is 19.1 Å². The average molecular weight is 481 g/mol. The highest BCUT2D eigenvalue weighted by molar-refractivity contribution is 5.87. The molecule has 0 N–H and O–H groups in total. The molecule has 0 atom stereocenters. The van der Waals surface area contributed by atoms with Gasteiger partial charge in [-0.05, 0) is 83.0 Å². The molecule has 4 heteroatoms. The molecule has 184 valence electrons. The highest BCUT2D eigenvalue weighted by Crippen LogP contribution is 2.26. The van der Waals surface area contributed by atoms with E-state index >= 15 is 0 Å². The summed E-state index contributed by atoms with van der Waals surface area (Å²) in [6.07, 6.45) is 3.94. The van der Waals surface area contributed by atoms with Crippen LogP contribution >= 0.6 is 0 Å². The van der Waals surface area contributed by atoms with Crippen molar-refractivity contribution in [2.45, 2.75) is 52.4 Å². The fourth-order valence-corrected chi connectivity index (χ4v) is 4.07. The lowest BCUT2D eigenvalue weighted by molar-refractivity contribution is -0.135. The monoisotopic (exact) mass is 480 g/mol. The summed E-state index contributed by atoms with van der Waals surface area (Å²) >= 11 is 0. The van der Waals surface area contributed by atoms with E-state index in [0.29, 0.717) is 37.2 Å². The molecule has 0 radical (unpaired) electrons. The quantitative estimate of drug-likeness (QED) is 0.180. The molecule has 36 heavy (non-hydrogen) atoms. The number of aryl methyl sites for hydroxylation is 4. The molecule has 0 unspecified atom stereocenters. The number of carbonyl (C=O) groups excluding carboxylic acids is 2. The van der Waals surface area contributed by atoms with Gasteiger partial charge >= 0.3 is 11.9 Å². The van der Waals surface area contributed by atoms with Crippen LogP contribution in [0.15, 0.2) is 84.9 Å². The Hall–Kier alpha value is -3.92. The Morgan fingerprint density at radius 1 is 0.528 bits per heavy atom. The van der Waals surface area contributed by atoms with Gasteiger partial charge in [-0.25, -0.2) is 0 Å². The minimum Gasteiger partial charge on any atom is -0.426 e. The first-order chi connectivity index (χ1) is 17.5. The van der Waals surface area contributed by atoms with E-state index in [1.165, 1.54) is 11.1 Å². The van der Waals surface area contributed by atoms with Gasteiger partial charge in [0.2, 0.25) is 0 Å². The standard InChI is InChI=1S/C32H32O4/c1-3-23-5-9-25(10-6-23)13-19-31(33)35-29-17-15-28-22-30(18-16-27(28)21-29)36-32(34)20-14-26-11-7-24(4-2)8-12-26/h5-12,15-18,21-22H,3-4,13-14,19-20H2,1-2H3. The van der Waals surface area contributed by atoms with Gasteiger partial charge in [-0.1, -0.05) is 74.5 Å². The second-order valence-electron chi connectivity index (χ2n) is 8.96. The van der Waals surface area contributed by atoms with Crippen LogP contribution in [0.2, 0.25) is 0 Å². The molecular formula is C32H32O4. The van der Waals surface area contributed by atoms with Gasteiger partial charge in [0, 0.05) is 12.8 Å². The molecule has 0 aliphatic rings. The summed E-state index contributed by atoms with van der Waals surface area (Å²) in [5.74, 6) is 0.493. The Bertz CT molecular complexity index is 1220. The van der Waals surface area contributed by atoms with Gasteiger partial charge in [0.05, 0.1) is 0 Å². The van der Waals surface area contributed by atoms with E-state index in [0.717, 1.165) is 34.7 Å². The third-order valence-electron chi connectivity index (χ3n) is 6.34. The first-order valence-electron chi connectivity index (χ1n) is 12.6. The number of hydrogen-bond acceptors (Lipinski definition) is 4. The Morgan fingerprint density at radius 2 is 0.889 bits per heavy atom. The topological polar surface area (TPSA) is 52.6 Å². The number of carbonyl (C=O) groups is 2. The maximum absolute atomic E-state index is 12.3. The summed E-state index contributed by atoms with van der Waals surface area (Å²) in [5.41, 5.74) is 4.82. The Balaban J connectivity index is 1.29. The predicted octanol–water partition coefficient (Wildman–Crippen LogP) is 7.04. The van der Waals surface area contributed by atoms with E-state index in [4.69, 9.17) is 9.47 Å². The van der Waals surface area contributed by atoms with Crippen molar-refractivity contribution in [2.75, 3.05) is 0 Å². The minimum absolute atomic E-state index is 0.260. The maximum Gasteiger partial charge on any atom is 0.311 e. The second-order valence-corrected chi connectivity index (χ2v) is 8.96. The summed E-state index contributed by atoms with van der Waals surface area (Å²) in [6.45, 7) is 4.25. The second kappa shape index (κ2) is 12.2. The third kappa shape index (κ3) is 7.05. The minimum atomic E-state index is -0.260. The van der Waals surface area contributed by atoms with E-state index in [1.807, 2.05) is 24.3 Å². The highest BCUT2D eigenvalue weighted by Gasteiger charge is 2.09. The molecule has 0 saturated carbocycles. The SMILES string of the molecule is CCc1ccc(CCC(=O)Oc2ccc3cc(OC(=O)CCc4ccc(CC)cc4)ccc3c2)cc1. The van der Waals surface area contributed by atoms with E-state index in [9.17, 15) is 9.59 Å². The van der Waals surface area contributed by atoms with Crippen molar-refractivity contribution in [3.05, 3.63) is 107 Å². The normalized spacial score (nSPS) is 10.8. The lowest BCUT2D eigenvalue weighted by Crippen LogP contribution is -2.09. The van der Waals surface area contributed by atoms with Gasteiger partial charge in [0.1, 0.15) is 11.5 Å². The van der Waals surface area contributed by atoms with Crippen LogP contribution in [-0.2, 0) is 35.3 Å². The van der Waals surface area contributed by atoms with Crippen LogP contribution in [0.5, 0.6) is 11.5 Å². The van der Waals surface area contributed by atoms with Crippen LogP contribution in [-0.4, -0.2) is 11.9 Å². The van der Waals surface area contributed by atoms with E-state index in [1.54, 1.807) is 12.1 Å². The first-order valence-corrected chi connectivity index (χ1v) is 12.6. The molecule has 0 heterocycles. The number of ether oxygens (including phenoxy) is 2. The Kier molecular flexibility index (Phi) is 8.51. The van der Waals surface area contributed by atoms with E-state index in [-0.39, 0.29) is 11.9 Å². The summed E-state index contributed by atoms with van der Waals surface area (Å²) in [5, 5.41) is 1.82. The molecule has 0 amide bonds. The molecule has 4 nitrogen and oxygen atoms in total. The third-order valence-corrected chi connectivity index (χ3v) is 6.34. The van der Waals surface area contributed by atoms with Crippen LogP contribution in [0.4, 0.5) is 0 Å². The molecule has 0 fully saturated rings. The number of hydrogen-bond donors (Lipinski definition) is 0. The van der Waals surface area contributed by atoms with Crippen molar-refractivity contribution in [3.63, 3.8) is 0 Å². The van der Waals surface area contributed by atoms with Crippen LogP contribution in [0, 0.1) is 0 Å². The van der Waals surface area contributed by atoms with Gasteiger partial charge in [0.25, 0.3) is 0 Å². The average Bonchev–Trinajstić information content (AvgIpc) is 2.91. The summed E-state index contributed by atoms with van der Waals surface area (Å²) in [4.78, 5) is 24.7. The lowest BCUT2D eigenvalue weighted by atomic mass is 10.1. The molecule has 4 rings (SSSR count).